The minimum atomic E-state index is 0.292. The maximum absolute atomic E-state index is 7.09. The molecule has 2 nitrogen and oxygen atoms in total. The molecular formula is C11H15BrN2S. The first-order valence-electron chi connectivity index (χ1n) is 4.90. The van der Waals surface area contributed by atoms with Crippen LogP contribution in [0, 0.1) is 5.41 Å². The lowest BCUT2D eigenvalue weighted by molar-refractivity contribution is 0.836. The second-order valence-electron chi connectivity index (χ2n) is 3.26. The van der Waals surface area contributed by atoms with Crippen LogP contribution in [0.15, 0.2) is 33.6 Å². The average Bonchev–Trinajstić information content (AvgIpc) is 2.20. The Kier molecular flexibility index (Phi) is 5.79. The van der Waals surface area contributed by atoms with Crippen LogP contribution in [0.5, 0.6) is 0 Å². The van der Waals surface area contributed by atoms with Gasteiger partial charge in [0.05, 0.1) is 5.84 Å². The van der Waals surface area contributed by atoms with Crippen LogP contribution in [-0.2, 0) is 0 Å². The molecule has 15 heavy (non-hydrogen) atoms. The van der Waals surface area contributed by atoms with Crippen molar-refractivity contribution in [1.82, 2.24) is 0 Å². The molecule has 82 valence electrons. The van der Waals surface area contributed by atoms with Crippen molar-refractivity contribution >= 4 is 33.5 Å². The van der Waals surface area contributed by atoms with E-state index in [2.05, 4.69) is 28.1 Å². The van der Waals surface area contributed by atoms with Crippen molar-refractivity contribution in [3.05, 3.63) is 28.7 Å². The normalized spacial score (nSPS) is 10.2. The lowest BCUT2D eigenvalue weighted by Gasteiger charge is -2.03. The fourth-order valence-electron chi connectivity index (χ4n) is 1.16. The molecule has 0 heterocycles. The van der Waals surface area contributed by atoms with Crippen LogP contribution in [0.1, 0.15) is 19.3 Å². The highest BCUT2D eigenvalue weighted by Gasteiger charge is 1.98. The highest BCUT2D eigenvalue weighted by molar-refractivity contribution is 9.10. The van der Waals surface area contributed by atoms with E-state index in [1.807, 2.05) is 23.9 Å². The van der Waals surface area contributed by atoms with Gasteiger partial charge < -0.3 is 5.73 Å². The molecule has 0 saturated heterocycles. The molecule has 1 aromatic rings. The number of unbranched alkanes of at least 4 members (excludes halogenated alkanes) is 1. The van der Waals surface area contributed by atoms with Crippen LogP contribution in [0.4, 0.5) is 0 Å². The summed E-state index contributed by atoms with van der Waals surface area (Å²) in [6.45, 7) is 0. The molecule has 0 radical (unpaired) electrons. The standard InChI is InChI=1S/C11H15BrN2S/c12-9-5-1-2-6-10(9)15-8-4-3-7-11(13)14/h1-2,5-6H,3-4,7-8H2,(H3,13,14). The third-order valence-electron chi connectivity index (χ3n) is 1.93. The molecule has 4 heteroatoms. The van der Waals surface area contributed by atoms with Crippen LogP contribution in [0.25, 0.3) is 0 Å². The Morgan fingerprint density at radius 1 is 1.33 bits per heavy atom. The van der Waals surface area contributed by atoms with Gasteiger partial charge in [0.25, 0.3) is 0 Å². The Bertz CT molecular complexity index is 328. The molecule has 0 aromatic heterocycles. The van der Waals surface area contributed by atoms with E-state index in [1.165, 1.54) is 4.90 Å². The van der Waals surface area contributed by atoms with Crippen molar-refractivity contribution in [1.29, 1.82) is 5.41 Å². The van der Waals surface area contributed by atoms with Gasteiger partial charge in [-0.3, -0.25) is 5.41 Å². The first kappa shape index (κ1) is 12.6. The molecule has 0 bridgehead atoms. The second-order valence-corrected chi connectivity index (χ2v) is 5.25. The van der Waals surface area contributed by atoms with Crippen molar-refractivity contribution in [2.75, 3.05) is 5.75 Å². The highest BCUT2D eigenvalue weighted by Crippen LogP contribution is 2.27. The van der Waals surface area contributed by atoms with E-state index in [1.54, 1.807) is 0 Å². The molecule has 0 saturated carbocycles. The van der Waals surface area contributed by atoms with Crippen LogP contribution in [0.2, 0.25) is 0 Å². The number of hydrogen-bond acceptors (Lipinski definition) is 2. The van der Waals surface area contributed by atoms with E-state index >= 15 is 0 Å². The van der Waals surface area contributed by atoms with Gasteiger partial charge in [-0.2, -0.15) is 0 Å². The summed E-state index contributed by atoms with van der Waals surface area (Å²) in [7, 11) is 0. The smallest absolute Gasteiger partial charge is 0.0905 e. The van der Waals surface area contributed by atoms with Crippen LogP contribution in [0.3, 0.4) is 0 Å². The quantitative estimate of drug-likeness (QED) is 0.363. The lowest BCUT2D eigenvalue weighted by Crippen LogP contribution is -2.08. The van der Waals surface area contributed by atoms with Crippen LogP contribution < -0.4 is 5.73 Å². The molecule has 0 spiro atoms. The van der Waals surface area contributed by atoms with Gasteiger partial charge in [0.2, 0.25) is 0 Å². The van der Waals surface area contributed by atoms with E-state index in [0.29, 0.717) is 5.84 Å². The maximum Gasteiger partial charge on any atom is 0.0905 e. The van der Waals surface area contributed by atoms with Gasteiger partial charge in [0.1, 0.15) is 0 Å². The van der Waals surface area contributed by atoms with Crippen molar-refractivity contribution in [2.24, 2.45) is 5.73 Å². The molecular weight excluding hydrogens is 272 g/mol. The minimum Gasteiger partial charge on any atom is -0.388 e. The zero-order chi connectivity index (χ0) is 11.1. The summed E-state index contributed by atoms with van der Waals surface area (Å²) in [5.74, 6) is 1.37. The van der Waals surface area contributed by atoms with Crippen molar-refractivity contribution in [2.45, 2.75) is 24.2 Å². The van der Waals surface area contributed by atoms with Gasteiger partial charge in [-0.15, -0.1) is 11.8 Å². The van der Waals surface area contributed by atoms with Crippen molar-refractivity contribution in [3.8, 4) is 0 Å². The Hall–Kier alpha value is -0.480. The second kappa shape index (κ2) is 6.90. The molecule has 0 aliphatic carbocycles. The van der Waals surface area contributed by atoms with Gasteiger partial charge in [-0.1, -0.05) is 12.1 Å². The third-order valence-corrected chi connectivity index (χ3v) is 4.05. The van der Waals surface area contributed by atoms with E-state index < -0.39 is 0 Å². The Balaban J connectivity index is 2.21. The predicted octanol–water partition coefficient (Wildman–Crippen LogP) is 3.65. The fraction of sp³-hybridized carbons (Fsp3) is 0.364. The summed E-state index contributed by atoms with van der Waals surface area (Å²) >= 11 is 5.35. The van der Waals surface area contributed by atoms with Gasteiger partial charge in [0, 0.05) is 15.8 Å². The van der Waals surface area contributed by atoms with Crippen molar-refractivity contribution < 1.29 is 0 Å². The number of benzene rings is 1. The lowest BCUT2D eigenvalue weighted by atomic mass is 10.2. The van der Waals surface area contributed by atoms with Crippen molar-refractivity contribution in [3.63, 3.8) is 0 Å². The zero-order valence-corrected chi connectivity index (χ0v) is 10.9. The summed E-state index contributed by atoms with van der Waals surface area (Å²) in [6.07, 6.45) is 2.83. The minimum absolute atomic E-state index is 0.292. The number of rotatable bonds is 6. The number of halogens is 1. The number of nitrogens with one attached hydrogen (secondary N) is 1. The number of thioether (sulfide) groups is 1. The summed E-state index contributed by atoms with van der Waals surface area (Å²) in [5.41, 5.74) is 5.28. The largest absolute Gasteiger partial charge is 0.388 e. The molecule has 3 N–H and O–H groups in total. The predicted molar refractivity (Wildman–Crippen MR) is 70.6 cm³/mol. The first-order valence-corrected chi connectivity index (χ1v) is 6.68. The van der Waals surface area contributed by atoms with Gasteiger partial charge in [-0.05, 0) is 46.7 Å². The topological polar surface area (TPSA) is 49.9 Å². The first-order chi connectivity index (χ1) is 7.20. The average molecular weight is 287 g/mol. The number of nitrogens with two attached hydrogens (primary N) is 1. The maximum atomic E-state index is 7.09. The Labute approximate surface area is 103 Å². The number of amidine groups is 1. The van der Waals surface area contributed by atoms with Gasteiger partial charge >= 0.3 is 0 Å². The molecule has 0 aliphatic heterocycles. The van der Waals surface area contributed by atoms with Crippen LogP contribution >= 0.6 is 27.7 Å². The number of hydrogen-bond donors (Lipinski definition) is 2. The summed E-state index contributed by atoms with van der Waals surface area (Å²) in [4.78, 5) is 1.28. The monoisotopic (exact) mass is 286 g/mol. The van der Waals surface area contributed by atoms with Gasteiger partial charge in [-0.25, -0.2) is 0 Å². The Morgan fingerprint density at radius 3 is 2.73 bits per heavy atom. The highest BCUT2D eigenvalue weighted by atomic mass is 79.9. The molecule has 0 atom stereocenters. The summed E-state index contributed by atoms with van der Waals surface area (Å²) in [5, 5.41) is 7.09. The molecule has 1 rings (SSSR count). The SMILES string of the molecule is N=C(N)CCCCSc1ccccc1Br. The molecule has 0 amide bonds. The van der Waals surface area contributed by atoms with E-state index in [-0.39, 0.29) is 0 Å². The zero-order valence-electron chi connectivity index (χ0n) is 8.50. The summed E-state index contributed by atoms with van der Waals surface area (Å²) < 4.78 is 1.15. The van der Waals surface area contributed by atoms with Gasteiger partial charge in [0.15, 0.2) is 0 Å². The Morgan fingerprint density at radius 2 is 2.07 bits per heavy atom. The third kappa shape index (κ3) is 5.23. The molecule has 0 unspecified atom stereocenters. The molecule has 1 aromatic carbocycles. The van der Waals surface area contributed by atoms with E-state index in [9.17, 15) is 0 Å². The fourth-order valence-corrected chi connectivity index (χ4v) is 2.74. The molecule has 0 fully saturated rings. The van der Waals surface area contributed by atoms with E-state index in [4.69, 9.17) is 11.1 Å². The van der Waals surface area contributed by atoms with E-state index in [0.717, 1.165) is 29.5 Å². The molecule has 0 aliphatic rings. The summed E-state index contributed by atoms with van der Waals surface area (Å²) in [6, 6.07) is 8.23. The van der Waals surface area contributed by atoms with Crippen LogP contribution in [-0.4, -0.2) is 11.6 Å².